The number of amides is 3. The minimum absolute atomic E-state index is 0.00735. The fourth-order valence-electron chi connectivity index (χ4n) is 1.96. The van der Waals surface area contributed by atoms with E-state index in [0.29, 0.717) is 5.56 Å². The van der Waals surface area contributed by atoms with Crippen LogP contribution < -0.4 is 21.5 Å². The van der Waals surface area contributed by atoms with E-state index in [0.717, 1.165) is 0 Å². The van der Waals surface area contributed by atoms with Crippen LogP contribution in [-0.2, 0) is 25.4 Å². The molecule has 0 saturated carbocycles. The van der Waals surface area contributed by atoms with Gasteiger partial charge in [0.2, 0.25) is 17.7 Å². The van der Waals surface area contributed by atoms with E-state index in [4.69, 9.17) is 15.5 Å². The van der Waals surface area contributed by atoms with Gasteiger partial charge in [0.05, 0.1) is 6.54 Å². The van der Waals surface area contributed by atoms with E-state index in [9.17, 15) is 18.9 Å². The van der Waals surface area contributed by atoms with Gasteiger partial charge in [0, 0.05) is 0 Å². The largest absolute Gasteiger partial charge is 0.401 e. The second-order valence-corrected chi connectivity index (χ2v) is 6.68. The number of primary amides is 1. The number of hydrogen-bond donors (Lipinski definition) is 6. The van der Waals surface area contributed by atoms with Gasteiger partial charge in [-0.25, -0.2) is 9.65 Å². The summed E-state index contributed by atoms with van der Waals surface area (Å²) >= 11 is 0. The van der Waals surface area contributed by atoms with Crippen molar-refractivity contribution in [3.8, 4) is 0 Å². The van der Waals surface area contributed by atoms with E-state index in [1.165, 1.54) is 6.92 Å². The molecule has 0 bridgehead atoms. The van der Waals surface area contributed by atoms with Gasteiger partial charge in [-0.15, -0.1) is 0 Å². The van der Waals surface area contributed by atoms with Crippen molar-refractivity contribution in [3.63, 3.8) is 0 Å². The van der Waals surface area contributed by atoms with Crippen LogP contribution in [-0.4, -0.2) is 46.1 Å². The molecule has 0 aliphatic heterocycles. The Kier molecular flexibility index (Phi) is 7.72. The third-order valence-electron chi connectivity index (χ3n) is 3.11. The molecule has 1 aromatic rings. The lowest BCUT2D eigenvalue weighted by Gasteiger charge is -2.21. The molecule has 0 heterocycles. The van der Waals surface area contributed by atoms with Crippen LogP contribution in [0, 0.1) is 0 Å². The van der Waals surface area contributed by atoms with Crippen LogP contribution >= 0.6 is 7.75 Å². The van der Waals surface area contributed by atoms with Crippen LogP contribution in [0.4, 0.5) is 0 Å². The molecule has 1 rings (SSSR count). The summed E-state index contributed by atoms with van der Waals surface area (Å²) in [6.07, 6.45) is 0.00735. The maximum atomic E-state index is 12.3. The summed E-state index contributed by atoms with van der Waals surface area (Å²) in [5.74, 6) is -2.16. The highest BCUT2D eigenvalue weighted by Crippen LogP contribution is 2.29. The third kappa shape index (κ3) is 8.41. The molecule has 1 aromatic carbocycles. The molecule has 11 heteroatoms. The monoisotopic (exact) mass is 372 g/mol. The normalized spacial score (nSPS) is 13.6. The molecule has 7 N–H and O–H groups in total. The molecule has 25 heavy (non-hydrogen) atoms. The lowest BCUT2D eigenvalue weighted by molar-refractivity contribution is -0.130. The second-order valence-electron chi connectivity index (χ2n) is 5.33. The van der Waals surface area contributed by atoms with E-state index in [-0.39, 0.29) is 13.0 Å². The summed E-state index contributed by atoms with van der Waals surface area (Å²) in [7, 11) is -4.68. The highest BCUT2D eigenvalue weighted by molar-refractivity contribution is 7.49. The smallest absolute Gasteiger partial charge is 0.368 e. The standard InChI is InChI=1S/C14H21N4O6P/c1-9(13(20)16-8-12(15)19)17-14(21)11(18-25(22,23)24)7-10-5-3-2-4-6-10/h2-6,9,11H,7-8H2,1H3,(H2,15,19)(H,16,20)(H,17,21)(H3,18,22,23,24)/t9-,11-/m0/s1. The summed E-state index contributed by atoms with van der Waals surface area (Å²) in [5.41, 5.74) is 5.58. The first kappa shape index (κ1) is 20.8. The average molecular weight is 372 g/mol. The number of carbonyl (C=O) groups is 3. The van der Waals surface area contributed by atoms with E-state index < -0.39 is 37.6 Å². The molecule has 0 aliphatic rings. The maximum absolute atomic E-state index is 12.3. The Hall–Kier alpha value is -2.26. The molecule has 0 radical (unpaired) electrons. The lowest BCUT2D eigenvalue weighted by atomic mass is 10.1. The van der Waals surface area contributed by atoms with Crippen molar-refractivity contribution < 1.29 is 28.7 Å². The Morgan fingerprint density at radius 3 is 2.28 bits per heavy atom. The molecule has 0 spiro atoms. The second kappa shape index (κ2) is 9.28. The highest BCUT2D eigenvalue weighted by Gasteiger charge is 2.28. The number of carbonyl (C=O) groups excluding carboxylic acids is 3. The predicted molar refractivity (Wildman–Crippen MR) is 88.9 cm³/mol. The fraction of sp³-hybridized carbons (Fsp3) is 0.357. The van der Waals surface area contributed by atoms with E-state index in [2.05, 4.69) is 10.6 Å². The molecule has 0 aliphatic carbocycles. The minimum Gasteiger partial charge on any atom is -0.368 e. The van der Waals surface area contributed by atoms with Gasteiger partial charge in [0.15, 0.2) is 0 Å². The zero-order chi connectivity index (χ0) is 19.0. The van der Waals surface area contributed by atoms with Gasteiger partial charge < -0.3 is 26.2 Å². The molecular formula is C14H21N4O6P. The van der Waals surface area contributed by atoms with Crippen molar-refractivity contribution >= 4 is 25.5 Å². The number of benzene rings is 1. The minimum atomic E-state index is -4.68. The molecule has 10 nitrogen and oxygen atoms in total. The number of nitrogens with one attached hydrogen (secondary N) is 3. The van der Waals surface area contributed by atoms with Crippen molar-refractivity contribution in [2.75, 3.05) is 6.54 Å². The highest BCUT2D eigenvalue weighted by atomic mass is 31.2. The van der Waals surface area contributed by atoms with Crippen molar-refractivity contribution in [3.05, 3.63) is 35.9 Å². The number of nitrogens with two attached hydrogens (primary N) is 1. The van der Waals surface area contributed by atoms with Crippen molar-refractivity contribution in [1.29, 1.82) is 0 Å². The molecule has 0 saturated heterocycles. The van der Waals surface area contributed by atoms with Crippen molar-refractivity contribution in [2.45, 2.75) is 25.4 Å². The Morgan fingerprint density at radius 1 is 1.16 bits per heavy atom. The molecular weight excluding hydrogens is 351 g/mol. The average Bonchev–Trinajstić information content (AvgIpc) is 2.51. The van der Waals surface area contributed by atoms with E-state index in [1.807, 2.05) is 5.09 Å². The molecule has 0 aromatic heterocycles. The van der Waals surface area contributed by atoms with Crippen LogP contribution in [0.5, 0.6) is 0 Å². The number of hydrogen-bond acceptors (Lipinski definition) is 4. The van der Waals surface area contributed by atoms with Gasteiger partial charge in [0.25, 0.3) is 0 Å². The van der Waals surface area contributed by atoms with Gasteiger partial charge in [0.1, 0.15) is 12.1 Å². The quantitative estimate of drug-likeness (QED) is 0.283. The third-order valence-corrected chi connectivity index (χ3v) is 3.76. The maximum Gasteiger partial charge on any atom is 0.401 e. The molecule has 138 valence electrons. The van der Waals surface area contributed by atoms with Crippen molar-refractivity contribution in [2.24, 2.45) is 5.73 Å². The Balaban J connectivity index is 2.76. The predicted octanol–water partition coefficient (Wildman–Crippen LogP) is -1.61. The van der Waals surface area contributed by atoms with E-state index >= 15 is 0 Å². The van der Waals surface area contributed by atoms with Crippen molar-refractivity contribution in [1.82, 2.24) is 15.7 Å². The first-order chi connectivity index (χ1) is 11.6. The SMILES string of the molecule is C[C@H](NC(=O)[C@H](Cc1ccccc1)NP(=O)(O)O)C(=O)NCC(N)=O. The zero-order valence-electron chi connectivity index (χ0n) is 13.5. The van der Waals surface area contributed by atoms with Crippen LogP contribution in [0.15, 0.2) is 30.3 Å². The number of rotatable bonds is 9. The van der Waals surface area contributed by atoms with Crippen LogP contribution in [0.2, 0.25) is 0 Å². The molecule has 2 atom stereocenters. The molecule has 0 unspecified atom stereocenters. The molecule has 3 amide bonds. The van der Waals surface area contributed by atoms with E-state index in [1.54, 1.807) is 30.3 Å². The summed E-state index contributed by atoms with van der Waals surface area (Å²) in [6, 6.07) is 6.33. The van der Waals surface area contributed by atoms with Gasteiger partial charge >= 0.3 is 7.75 Å². The first-order valence-corrected chi connectivity index (χ1v) is 8.93. The topological polar surface area (TPSA) is 171 Å². The van der Waals surface area contributed by atoms with Gasteiger partial charge in [-0.05, 0) is 18.9 Å². The Morgan fingerprint density at radius 2 is 1.76 bits per heavy atom. The van der Waals surface area contributed by atoms with Gasteiger partial charge in [-0.1, -0.05) is 30.3 Å². The van der Waals surface area contributed by atoms with Crippen LogP contribution in [0.1, 0.15) is 12.5 Å². The van der Waals surface area contributed by atoms with Crippen LogP contribution in [0.25, 0.3) is 0 Å². The summed E-state index contributed by atoms with van der Waals surface area (Å²) in [5, 5.41) is 6.51. The Labute approximate surface area is 144 Å². The summed E-state index contributed by atoms with van der Waals surface area (Å²) in [6.45, 7) is 0.985. The first-order valence-electron chi connectivity index (χ1n) is 7.32. The summed E-state index contributed by atoms with van der Waals surface area (Å²) < 4.78 is 11.2. The van der Waals surface area contributed by atoms with Gasteiger partial charge in [-0.3, -0.25) is 14.4 Å². The van der Waals surface area contributed by atoms with Gasteiger partial charge in [-0.2, -0.15) is 0 Å². The van der Waals surface area contributed by atoms with Crippen LogP contribution in [0.3, 0.4) is 0 Å². The zero-order valence-corrected chi connectivity index (χ0v) is 14.4. The lowest BCUT2D eigenvalue weighted by Crippen LogP contribution is -2.52. The summed E-state index contributed by atoms with van der Waals surface area (Å²) in [4.78, 5) is 52.9. The Bertz CT molecular complexity index is 663. The fourth-order valence-corrected chi connectivity index (χ4v) is 2.57. The molecule has 0 fully saturated rings.